The predicted octanol–water partition coefficient (Wildman–Crippen LogP) is 2.82. The van der Waals surface area contributed by atoms with Crippen LogP contribution in [-0.4, -0.2) is 57.6 Å². The van der Waals surface area contributed by atoms with Crippen LogP contribution in [0.4, 0.5) is 0 Å². The number of piperidine rings is 1. The zero-order valence-electron chi connectivity index (χ0n) is 18.7. The van der Waals surface area contributed by atoms with Gasteiger partial charge in [-0.3, -0.25) is 0 Å². The molecule has 0 spiro atoms. The third kappa shape index (κ3) is 4.22. The van der Waals surface area contributed by atoms with E-state index in [1.54, 1.807) is 13.1 Å². The lowest BCUT2D eigenvalue weighted by Gasteiger charge is -2.31. The molecule has 33 heavy (non-hydrogen) atoms. The number of fused-ring (bicyclic) bond motifs is 1. The Kier molecular flexibility index (Phi) is 5.30. The summed E-state index contributed by atoms with van der Waals surface area (Å²) in [5.74, 6) is 11.0. The number of rotatable bonds is 6. The highest BCUT2D eigenvalue weighted by atomic mass is 16.5. The van der Waals surface area contributed by atoms with Crippen LogP contribution in [0, 0.1) is 35.5 Å². The largest absolute Gasteiger partial charge is 0.385 e. The van der Waals surface area contributed by atoms with Gasteiger partial charge in [0.25, 0.3) is 0 Å². The first-order valence-electron chi connectivity index (χ1n) is 11.7. The first kappa shape index (κ1) is 20.7. The second-order valence-electron chi connectivity index (χ2n) is 9.59. The highest BCUT2D eigenvalue weighted by molar-refractivity contribution is 5.59. The van der Waals surface area contributed by atoms with Gasteiger partial charge >= 0.3 is 0 Å². The molecule has 1 aromatic carbocycles. The van der Waals surface area contributed by atoms with Crippen molar-refractivity contribution in [2.24, 2.45) is 23.7 Å². The van der Waals surface area contributed by atoms with Crippen LogP contribution in [0.25, 0.3) is 11.3 Å². The number of imidazole rings is 1. The quantitative estimate of drug-likeness (QED) is 0.590. The normalized spacial score (nSPS) is 25.2. The highest BCUT2D eigenvalue weighted by Gasteiger charge is 2.55. The fraction of sp³-hybridized carbons (Fsp3) is 0.462. The van der Waals surface area contributed by atoms with E-state index < -0.39 is 6.10 Å². The molecule has 0 amide bonds. The molecule has 1 saturated carbocycles. The van der Waals surface area contributed by atoms with Gasteiger partial charge in [0.2, 0.25) is 0 Å². The highest BCUT2D eigenvalue weighted by Crippen LogP contribution is 2.51. The Morgan fingerprint density at radius 3 is 2.67 bits per heavy atom. The first-order chi connectivity index (χ1) is 16.1. The molecule has 2 aliphatic heterocycles. The Balaban J connectivity index is 1.05. The molecule has 170 valence electrons. The van der Waals surface area contributed by atoms with Gasteiger partial charge in [0.05, 0.1) is 19.8 Å². The maximum absolute atomic E-state index is 9.82. The number of aliphatic hydroxyl groups is 1. The number of benzene rings is 1. The van der Waals surface area contributed by atoms with E-state index in [1.807, 2.05) is 41.1 Å². The average Bonchev–Trinajstić information content (AvgIpc) is 3.27. The number of ether oxygens (including phenoxy) is 1. The Hall–Kier alpha value is -2.92. The van der Waals surface area contributed by atoms with Gasteiger partial charge in [0, 0.05) is 61.1 Å². The summed E-state index contributed by atoms with van der Waals surface area (Å²) in [6.07, 6.45) is 2.88. The number of hydrogen-bond acceptors (Lipinski definition) is 6. The zero-order valence-corrected chi connectivity index (χ0v) is 18.7. The van der Waals surface area contributed by atoms with Gasteiger partial charge < -0.3 is 23.8 Å². The molecule has 4 atom stereocenters. The van der Waals surface area contributed by atoms with Gasteiger partial charge in [0.15, 0.2) is 5.76 Å². The molecule has 2 aromatic heterocycles. The summed E-state index contributed by atoms with van der Waals surface area (Å²) in [7, 11) is 0. The molecular formula is C26H28N4O3. The second-order valence-corrected chi connectivity index (χ2v) is 9.59. The average molecular weight is 445 g/mol. The minimum atomic E-state index is -0.628. The maximum Gasteiger partial charge on any atom is 0.167 e. The van der Waals surface area contributed by atoms with Crippen molar-refractivity contribution in [1.29, 1.82) is 0 Å². The van der Waals surface area contributed by atoms with Gasteiger partial charge in [0.1, 0.15) is 17.6 Å². The van der Waals surface area contributed by atoms with Crippen LogP contribution in [0.5, 0.6) is 0 Å². The van der Waals surface area contributed by atoms with E-state index in [2.05, 4.69) is 26.9 Å². The summed E-state index contributed by atoms with van der Waals surface area (Å²) in [5, 5.41) is 14.0. The molecule has 3 aliphatic rings. The number of aromatic nitrogens is 3. The van der Waals surface area contributed by atoms with Crippen molar-refractivity contribution in [1.82, 2.24) is 19.6 Å². The van der Waals surface area contributed by atoms with Crippen LogP contribution in [0.2, 0.25) is 0 Å². The molecule has 3 aromatic rings. The molecule has 3 fully saturated rings. The lowest BCUT2D eigenvalue weighted by Crippen LogP contribution is -2.39. The van der Waals surface area contributed by atoms with Crippen LogP contribution in [0.3, 0.4) is 0 Å². The molecule has 1 unspecified atom stereocenters. The number of hydrogen-bond donors (Lipinski definition) is 1. The van der Waals surface area contributed by atoms with E-state index in [9.17, 15) is 5.11 Å². The lowest BCUT2D eigenvalue weighted by atomic mass is 10.1. The Morgan fingerprint density at radius 2 is 1.97 bits per heavy atom. The molecule has 2 saturated heterocycles. The molecule has 1 N–H and O–H groups in total. The van der Waals surface area contributed by atoms with Gasteiger partial charge in [-0.05, 0) is 43.0 Å². The molecule has 0 radical (unpaired) electrons. The van der Waals surface area contributed by atoms with E-state index in [0.29, 0.717) is 18.3 Å². The number of likely N-dealkylation sites (tertiary alicyclic amines) is 1. The van der Waals surface area contributed by atoms with E-state index in [4.69, 9.17) is 9.26 Å². The minimum Gasteiger partial charge on any atom is -0.385 e. The van der Waals surface area contributed by atoms with Crippen LogP contribution in [0.1, 0.15) is 30.1 Å². The summed E-state index contributed by atoms with van der Waals surface area (Å²) < 4.78 is 12.7. The van der Waals surface area contributed by atoms with Crippen LogP contribution in [0.15, 0.2) is 47.2 Å². The summed E-state index contributed by atoms with van der Waals surface area (Å²) in [6.45, 7) is 7.68. The third-order valence-electron chi connectivity index (χ3n) is 7.06. The summed E-state index contributed by atoms with van der Waals surface area (Å²) in [6, 6.07) is 10.1. The van der Waals surface area contributed by atoms with Crippen molar-refractivity contribution >= 4 is 0 Å². The Bertz CT molecular complexity index is 1170. The van der Waals surface area contributed by atoms with E-state index in [1.165, 1.54) is 19.6 Å². The van der Waals surface area contributed by atoms with Gasteiger partial charge in [-0.15, -0.1) is 0 Å². The van der Waals surface area contributed by atoms with Crippen molar-refractivity contribution in [2.45, 2.75) is 19.6 Å². The first-order valence-corrected chi connectivity index (χ1v) is 11.7. The molecular weight excluding hydrogens is 416 g/mol. The van der Waals surface area contributed by atoms with Crippen LogP contribution >= 0.6 is 0 Å². The van der Waals surface area contributed by atoms with Crippen molar-refractivity contribution in [3.63, 3.8) is 0 Å². The number of nitrogens with zero attached hydrogens (tertiary/aromatic N) is 4. The van der Waals surface area contributed by atoms with Gasteiger partial charge in [-0.2, -0.15) is 0 Å². The topological polar surface area (TPSA) is 76.6 Å². The van der Waals surface area contributed by atoms with Crippen LogP contribution < -0.4 is 0 Å². The van der Waals surface area contributed by atoms with Gasteiger partial charge in [-0.1, -0.05) is 17.0 Å². The SMILES string of the molecule is C[C@H](O)c1nccn1Cc1cc(-c2ccc(C#CC3[C@H]4CN(CC5COC5)C[C@@H]34)cc2)on1. The minimum absolute atomic E-state index is 0.503. The zero-order chi connectivity index (χ0) is 22.4. The molecule has 6 rings (SSSR count). The van der Waals surface area contributed by atoms with Crippen LogP contribution in [-0.2, 0) is 11.3 Å². The maximum atomic E-state index is 9.82. The van der Waals surface area contributed by atoms with Crippen molar-refractivity contribution in [2.75, 3.05) is 32.8 Å². The smallest absolute Gasteiger partial charge is 0.167 e. The predicted molar refractivity (Wildman–Crippen MR) is 122 cm³/mol. The monoisotopic (exact) mass is 444 g/mol. The molecule has 7 nitrogen and oxygen atoms in total. The summed E-state index contributed by atoms with van der Waals surface area (Å²) >= 11 is 0. The summed E-state index contributed by atoms with van der Waals surface area (Å²) in [4.78, 5) is 6.79. The Morgan fingerprint density at radius 1 is 1.18 bits per heavy atom. The van der Waals surface area contributed by atoms with E-state index in [-0.39, 0.29) is 0 Å². The molecule has 4 heterocycles. The lowest BCUT2D eigenvalue weighted by molar-refractivity contribution is -0.0453. The second kappa shape index (κ2) is 8.45. The van der Waals surface area contributed by atoms with Crippen molar-refractivity contribution in [3.8, 4) is 23.2 Å². The van der Waals surface area contributed by atoms with E-state index >= 15 is 0 Å². The van der Waals surface area contributed by atoms with E-state index in [0.717, 1.165) is 53.5 Å². The Labute approximate surface area is 193 Å². The summed E-state index contributed by atoms with van der Waals surface area (Å²) in [5.41, 5.74) is 2.79. The van der Waals surface area contributed by atoms with Crippen molar-refractivity contribution < 1.29 is 14.4 Å². The van der Waals surface area contributed by atoms with Gasteiger partial charge in [-0.25, -0.2) is 4.98 Å². The molecule has 0 bridgehead atoms. The standard InChI is InChI=1S/C26H28N4O3/c1-17(31)26-27-8-9-30(26)12-21-10-25(33-28-21)20-5-2-18(3-6-20)4-7-22-23-13-29(14-24(22)23)11-19-15-32-16-19/h2-3,5-6,8-10,17,19,22-24,31H,11-16H2,1H3/t17-,22?,23-,24+/m0/s1. The third-order valence-corrected chi connectivity index (χ3v) is 7.06. The fourth-order valence-corrected chi connectivity index (χ4v) is 5.14. The fourth-order valence-electron chi connectivity index (χ4n) is 5.14. The molecule has 1 aliphatic carbocycles. The molecule has 7 heteroatoms. The van der Waals surface area contributed by atoms with Crippen molar-refractivity contribution in [3.05, 3.63) is 59.8 Å². The number of aliphatic hydroxyl groups excluding tert-OH is 1.